The lowest BCUT2D eigenvalue weighted by Crippen LogP contribution is -2.46. The average molecular weight is 535 g/mol. The predicted octanol–water partition coefficient (Wildman–Crippen LogP) is 4.70. The van der Waals surface area contributed by atoms with Gasteiger partial charge in [-0.1, -0.05) is 50.3 Å². The standard InChI is InChI=1S/C25H34N4O3S3/c1-4-19-9-7-10-21-23(19)26-25(34-21)29(17-16-27(5-2)6-3)24(30)20-12-14-28(15-13-20)35(31,32)22-11-8-18-33-22/h7-11,18,20H,4-6,12-17H2,1-3H3. The zero-order valence-electron chi connectivity index (χ0n) is 20.6. The maximum absolute atomic E-state index is 13.8. The third-order valence-electron chi connectivity index (χ3n) is 6.80. The minimum absolute atomic E-state index is 0.0578. The van der Waals surface area contributed by atoms with Crippen molar-refractivity contribution in [2.75, 3.05) is 44.2 Å². The zero-order chi connectivity index (χ0) is 25.0. The van der Waals surface area contributed by atoms with E-state index in [4.69, 9.17) is 4.98 Å². The molecule has 0 saturated carbocycles. The Kier molecular flexibility index (Phi) is 8.59. The number of rotatable bonds is 10. The van der Waals surface area contributed by atoms with Gasteiger partial charge >= 0.3 is 0 Å². The lowest BCUT2D eigenvalue weighted by atomic mass is 9.96. The molecule has 1 saturated heterocycles. The Morgan fingerprint density at radius 2 is 1.83 bits per heavy atom. The number of para-hydroxylation sites is 1. The van der Waals surface area contributed by atoms with Crippen LogP contribution in [0.2, 0.25) is 0 Å². The Morgan fingerprint density at radius 1 is 1.09 bits per heavy atom. The number of hydrogen-bond donors (Lipinski definition) is 0. The molecule has 0 spiro atoms. The highest BCUT2D eigenvalue weighted by molar-refractivity contribution is 7.91. The number of amides is 1. The van der Waals surface area contributed by atoms with Gasteiger partial charge in [-0.3, -0.25) is 9.69 Å². The Labute approximate surface area is 216 Å². The largest absolute Gasteiger partial charge is 0.302 e. The number of fused-ring (bicyclic) bond motifs is 1. The van der Waals surface area contributed by atoms with Crippen molar-refractivity contribution in [1.29, 1.82) is 0 Å². The second kappa shape index (κ2) is 11.5. The van der Waals surface area contributed by atoms with Crippen LogP contribution in [0, 0.1) is 5.92 Å². The number of nitrogens with zero attached hydrogens (tertiary/aromatic N) is 4. The number of likely N-dealkylation sites (N-methyl/N-ethyl adjacent to an activating group) is 1. The van der Waals surface area contributed by atoms with E-state index in [0.29, 0.717) is 36.7 Å². The summed E-state index contributed by atoms with van der Waals surface area (Å²) in [6.07, 6.45) is 1.94. The summed E-state index contributed by atoms with van der Waals surface area (Å²) in [6.45, 7) is 10.3. The van der Waals surface area contributed by atoms with E-state index in [9.17, 15) is 13.2 Å². The van der Waals surface area contributed by atoms with Gasteiger partial charge in [-0.05, 0) is 55.4 Å². The van der Waals surface area contributed by atoms with Gasteiger partial charge in [0, 0.05) is 32.1 Å². The van der Waals surface area contributed by atoms with Gasteiger partial charge in [0.25, 0.3) is 10.0 Å². The topological polar surface area (TPSA) is 73.8 Å². The first kappa shape index (κ1) is 26.2. The van der Waals surface area contributed by atoms with Crippen LogP contribution in [-0.4, -0.2) is 67.8 Å². The fraction of sp³-hybridized carbons (Fsp3) is 0.520. The molecule has 7 nitrogen and oxygen atoms in total. The second-order valence-corrected chi connectivity index (χ2v) is 12.9. The van der Waals surface area contributed by atoms with E-state index in [2.05, 4.69) is 43.9 Å². The molecule has 0 radical (unpaired) electrons. The summed E-state index contributed by atoms with van der Waals surface area (Å²) >= 11 is 2.80. The molecule has 1 aromatic carbocycles. The second-order valence-electron chi connectivity index (χ2n) is 8.74. The number of anilines is 1. The summed E-state index contributed by atoms with van der Waals surface area (Å²) in [7, 11) is -3.48. The van der Waals surface area contributed by atoms with Gasteiger partial charge in [-0.2, -0.15) is 4.31 Å². The number of aromatic nitrogens is 1. The molecule has 1 aliphatic rings. The van der Waals surface area contributed by atoms with Crippen LogP contribution in [-0.2, 0) is 21.2 Å². The molecule has 3 aromatic rings. The average Bonchev–Trinajstić information content (AvgIpc) is 3.57. The molecule has 1 amide bonds. The summed E-state index contributed by atoms with van der Waals surface area (Å²) < 4.78 is 28.8. The van der Waals surface area contributed by atoms with Crippen molar-refractivity contribution in [2.45, 2.75) is 44.2 Å². The molecule has 35 heavy (non-hydrogen) atoms. The minimum atomic E-state index is -3.48. The molecule has 0 aliphatic carbocycles. The van der Waals surface area contributed by atoms with Crippen LogP contribution < -0.4 is 4.90 Å². The van der Waals surface area contributed by atoms with E-state index < -0.39 is 10.0 Å². The lowest BCUT2D eigenvalue weighted by Gasteiger charge is -2.33. The van der Waals surface area contributed by atoms with Gasteiger partial charge < -0.3 is 4.90 Å². The Bertz CT molecular complexity index is 1230. The molecular formula is C25H34N4O3S3. The number of carbonyl (C=O) groups excluding carboxylic acids is 1. The molecule has 1 aliphatic heterocycles. The number of thiazole rings is 1. The smallest absolute Gasteiger partial charge is 0.252 e. The maximum Gasteiger partial charge on any atom is 0.252 e. The molecule has 10 heteroatoms. The highest BCUT2D eigenvalue weighted by atomic mass is 32.2. The van der Waals surface area contributed by atoms with Crippen molar-refractivity contribution in [2.24, 2.45) is 5.92 Å². The van der Waals surface area contributed by atoms with Gasteiger partial charge in [0.05, 0.1) is 10.2 Å². The van der Waals surface area contributed by atoms with Crippen molar-refractivity contribution < 1.29 is 13.2 Å². The Morgan fingerprint density at radius 3 is 2.46 bits per heavy atom. The summed E-state index contributed by atoms with van der Waals surface area (Å²) in [6, 6.07) is 9.61. The molecule has 0 atom stereocenters. The Balaban J connectivity index is 1.54. The summed E-state index contributed by atoms with van der Waals surface area (Å²) in [5, 5.41) is 2.52. The third-order valence-corrected chi connectivity index (χ3v) is 11.1. The summed E-state index contributed by atoms with van der Waals surface area (Å²) in [4.78, 5) is 22.9. The van der Waals surface area contributed by atoms with Gasteiger partial charge in [-0.25, -0.2) is 13.4 Å². The molecule has 190 valence electrons. The van der Waals surface area contributed by atoms with Crippen LogP contribution >= 0.6 is 22.7 Å². The first-order valence-corrected chi connectivity index (χ1v) is 15.5. The lowest BCUT2D eigenvalue weighted by molar-refractivity contribution is -0.123. The molecule has 0 N–H and O–H groups in total. The van der Waals surface area contributed by atoms with Gasteiger partial charge in [-0.15, -0.1) is 11.3 Å². The molecular weight excluding hydrogens is 501 g/mol. The van der Waals surface area contributed by atoms with Crippen molar-refractivity contribution in [1.82, 2.24) is 14.2 Å². The van der Waals surface area contributed by atoms with Crippen LogP contribution in [0.1, 0.15) is 39.2 Å². The monoisotopic (exact) mass is 534 g/mol. The molecule has 0 bridgehead atoms. The van der Waals surface area contributed by atoms with Gasteiger partial charge in [0.1, 0.15) is 4.21 Å². The van der Waals surface area contributed by atoms with Crippen molar-refractivity contribution in [3.63, 3.8) is 0 Å². The fourth-order valence-corrected chi connectivity index (χ4v) is 8.24. The molecule has 3 heterocycles. The predicted molar refractivity (Wildman–Crippen MR) is 145 cm³/mol. The van der Waals surface area contributed by atoms with E-state index in [1.165, 1.54) is 21.2 Å². The number of thiophene rings is 1. The highest BCUT2D eigenvalue weighted by Crippen LogP contribution is 2.33. The van der Waals surface area contributed by atoms with Crippen molar-refractivity contribution in [3.05, 3.63) is 41.3 Å². The summed E-state index contributed by atoms with van der Waals surface area (Å²) in [5.41, 5.74) is 2.17. The maximum atomic E-state index is 13.8. The highest BCUT2D eigenvalue weighted by Gasteiger charge is 2.35. The van der Waals surface area contributed by atoms with Crippen LogP contribution in [0.15, 0.2) is 39.9 Å². The van der Waals surface area contributed by atoms with E-state index in [1.807, 2.05) is 4.90 Å². The van der Waals surface area contributed by atoms with Crippen LogP contribution in [0.25, 0.3) is 10.2 Å². The summed E-state index contributed by atoms with van der Waals surface area (Å²) in [5.74, 6) is -0.151. The Hall–Kier alpha value is -1.85. The number of hydrogen-bond acceptors (Lipinski definition) is 7. The van der Waals surface area contributed by atoms with Crippen LogP contribution in [0.3, 0.4) is 0 Å². The van der Waals surface area contributed by atoms with E-state index in [1.54, 1.807) is 28.8 Å². The number of carbonyl (C=O) groups is 1. The normalized spacial score (nSPS) is 15.8. The first-order valence-electron chi connectivity index (χ1n) is 12.3. The molecule has 1 fully saturated rings. The molecule has 4 rings (SSSR count). The van der Waals surface area contributed by atoms with Crippen LogP contribution in [0.5, 0.6) is 0 Å². The molecule has 0 unspecified atom stereocenters. The quantitative estimate of drug-likeness (QED) is 0.377. The number of sulfonamides is 1. The fourth-order valence-electron chi connectivity index (χ4n) is 4.58. The van der Waals surface area contributed by atoms with E-state index in [0.717, 1.165) is 41.4 Å². The van der Waals surface area contributed by atoms with Gasteiger partial charge in [0.2, 0.25) is 5.91 Å². The van der Waals surface area contributed by atoms with E-state index >= 15 is 0 Å². The number of benzene rings is 1. The van der Waals surface area contributed by atoms with Crippen LogP contribution in [0.4, 0.5) is 5.13 Å². The minimum Gasteiger partial charge on any atom is -0.302 e. The molecule has 2 aromatic heterocycles. The van der Waals surface area contributed by atoms with Crippen molar-refractivity contribution in [3.8, 4) is 0 Å². The number of aryl methyl sites for hydroxylation is 1. The third kappa shape index (κ3) is 5.61. The number of piperidine rings is 1. The van der Waals surface area contributed by atoms with Gasteiger partial charge in [0.15, 0.2) is 5.13 Å². The van der Waals surface area contributed by atoms with Crippen molar-refractivity contribution >= 4 is 54.0 Å². The zero-order valence-corrected chi connectivity index (χ0v) is 23.1. The SMILES string of the molecule is CCc1cccc2sc(N(CCN(CC)CC)C(=O)C3CCN(S(=O)(=O)c4cccs4)CC3)nc12. The van der Waals surface area contributed by atoms with E-state index in [-0.39, 0.29) is 11.8 Å². The first-order chi connectivity index (χ1) is 16.9.